The lowest BCUT2D eigenvalue weighted by atomic mass is 10.1. The number of benzene rings is 1. The van der Waals surface area contributed by atoms with Crippen LogP contribution in [-0.4, -0.2) is 25.9 Å². The second-order valence-electron chi connectivity index (χ2n) is 5.17. The van der Waals surface area contributed by atoms with Crippen LogP contribution in [0.5, 0.6) is 0 Å². The standard InChI is InChI=1S/C15H11ClF3N5O/c16-12-6-20-23-13(12)14(25)22-11-5-21-24(8-11)7-9-2-1-3-10(4-9)15(17,18)19/h1-6,8H,7H2,(H,20,23)(H,22,25). The van der Waals surface area contributed by atoms with E-state index in [1.54, 1.807) is 6.07 Å². The number of halogens is 4. The topological polar surface area (TPSA) is 75.6 Å². The van der Waals surface area contributed by atoms with Crippen molar-refractivity contribution in [1.82, 2.24) is 20.0 Å². The second kappa shape index (κ2) is 6.60. The van der Waals surface area contributed by atoms with Crippen molar-refractivity contribution >= 4 is 23.2 Å². The zero-order valence-corrected chi connectivity index (χ0v) is 13.3. The highest BCUT2D eigenvalue weighted by atomic mass is 35.5. The highest BCUT2D eigenvalue weighted by Crippen LogP contribution is 2.29. The summed E-state index contributed by atoms with van der Waals surface area (Å²) in [5, 5.41) is 12.9. The molecule has 0 bridgehead atoms. The number of anilines is 1. The van der Waals surface area contributed by atoms with Gasteiger partial charge in [0, 0.05) is 6.20 Å². The SMILES string of the molecule is O=C(Nc1cnn(Cc2cccc(C(F)(F)F)c2)c1)c1[nH]ncc1Cl. The van der Waals surface area contributed by atoms with Gasteiger partial charge in [0.05, 0.1) is 35.2 Å². The van der Waals surface area contributed by atoms with Crippen molar-refractivity contribution in [3.05, 3.63) is 64.7 Å². The van der Waals surface area contributed by atoms with E-state index < -0.39 is 17.6 Å². The number of carbonyl (C=O) groups excluding carboxylic acids is 1. The van der Waals surface area contributed by atoms with Crippen LogP contribution in [0.15, 0.2) is 42.9 Å². The second-order valence-corrected chi connectivity index (χ2v) is 5.58. The molecule has 0 atom stereocenters. The first-order valence-corrected chi connectivity index (χ1v) is 7.39. The van der Waals surface area contributed by atoms with E-state index in [1.807, 2.05) is 0 Å². The Morgan fingerprint density at radius 1 is 1.32 bits per heavy atom. The molecule has 1 amide bonds. The number of nitrogens with zero attached hydrogens (tertiary/aromatic N) is 3. The Bertz CT molecular complexity index is 902. The summed E-state index contributed by atoms with van der Waals surface area (Å²) in [6, 6.07) is 4.97. The average Bonchev–Trinajstić information content (AvgIpc) is 3.16. The lowest BCUT2D eigenvalue weighted by molar-refractivity contribution is -0.137. The monoisotopic (exact) mass is 369 g/mol. The molecule has 0 saturated carbocycles. The fourth-order valence-corrected chi connectivity index (χ4v) is 2.35. The van der Waals surface area contributed by atoms with Gasteiger partial charge in [0.2, 0.25) is 0 Å². The Morgan fingerprint density at radius 3 is 2.80 bits per heavy atom. The van der Waals surface area contributed by atoms with Crippen LogP contribution in [0.2, 0.25) is 5.02 Å². The summed E-state index contributed by atoms with van der Waals surface area (Å²) in [6.45, 7) is 0.130. The van der Waals surface area contributed by atoms with E-state index in [-0.39, 0.29) is 17.3 Å². The molecule has 0 aliphatic heterocycles. The third-order valence-electron chi connectivity index (χ3n) is 3.31. The van der Waals surface area contributed by atoms with Gasteiger partial charge in [-0.3, -0.25) is 14.6 Å². The van der Waals surface area contributed by atoms with Gasteiger partial charge in [-0.2, -0.15) is 23.4 Å². The van der Waals surface area contributed by atoms with Crippen molar-refractivity contribution in [1.29, 1.82) is 0 Å². The van der Waals surface area contributed by atoms with Gasteiger partial charge in [0.15, 0.2) is 0 Å². The number of H-pyrrole nitrogens is 1. The molecule has 0 saturated heterocycles. The third-order valence-corrected chi connectivity index (χ3v) is 3.60. The number of aromatic amines is 1. The highest BCUT2D eigenvalue weighted by Gasteiger charge is 2.30. The van der Waals surface area contributed by atoms with Gasteiger partial charge in [0.25, 0.3) is 5.91 Å². The van der Waals surface area contributed by atoms with Gasteiger partial charge in [0.1, 0.15) is 5.69 Å². The lowest BCUT2D eigenvalue weighted by Gasteiger charge is -2.08. The summed E-state index contributed by atoms with van der Waals surface area (Å²) in [6.07, 6.45) is -0.214. The highest BCUT2D eigenvalue weighted by molar-refractivity contribution is 6.34. The van der Waals surface area contributed by atoms with Crippen molar-refractivity contribution < 1.29 is 18.0 Å². The lowest BCUT2D eigenvalue weighted by Crippen LogP contribution is -2.12. The number of amides is 1. The first kappa shape index (κ1) is 17.0. The Balaban J connectivity index is 1.70. The van der Waals surface area contributed by atoms with Crippen molar-refractivity contribution in [2.24, 2.45) is 0 Å². The molecular formula is C15H11ClF3N5O. The maximum Gasteiger partial charge on any atom is 0.416 e. The van der Waals surface area contributed by atoms with Crippen molar-refractivity contribution in [3.8, 4) is 0 Å². The zero-order valence-electron chi connectivity index (χ0n) is 12.5. The summed E-state index contributed by atoms with van der Waals surface area (Å²) in [7, 11) is 0. The van der Waals surface area contributed by atoms with Crippen molar-refractivity contribution in [3.63, 3.8) is 0 Å². The number of nitrogens with one attached hydrogen (secondary N) is 2. The summed E-state index contributed by atoms with van der Waals surface area (Å²) < 4.78 is 39.6. The van der Waals surface area contributed by atoms with Gasteiger partial charge in [-0.25, -0.2) is 0 Å². The molecule has 6 nitrogen and oxygen atoms in total. The number of carbonyl (C=O) groups is 1. The summed E-state index contributed by atoms with van der Waals surface area (Å²) in [5.41, 5.74) is 0.196. The molecule has 0 aliphatic carbocycles. The van der Waals surface area contributed by atoms with Gasteiger partial charge in [-0.05, 0) is 17.7 Å². The number of aromatic nitrogens is 4. The summed E-state index contributed by atoms with van der Waals surface area (Å²) in [5.74, 6) is -0.499. The predicted octanol–water partition coefficient (Wildman–Crippen LogP) is 3.58. The Morgan fingerprint density at radius 2 is 2.12 bits per heavy atom. The van der Waals surface area contributed by atoms with E-state index in [2.05, 4.69) is 20.6 Å². The molecule has 3 aromatic rings. The number of alkyl halides is 3. The van der Waals surface area contributed by atoms with E-state index in [4.69, 9.17) is 11.6 Å². The Labute approximate surface area is 144 Å². The molecule has 1 aromatic carbocycles. The third kappa shape index (κ3) is 4.00. The van der Waals surface area contributed by atoms with Crippen LogP contribution in [0, 0.1) is 0 Å². The van der Waals surface area contributed by atoms with E-state index in [0.717, 1.165) is 12.1 Å². The first-order chi connectivity index (χ1) is 11.8. The van der Waals surface area contributed by atoms with E-state index in [9.17, 15) is 18.0 Å². The van der Waals surface area contributed by atoms with Crippen LogP contribution < -0.4 is 5.32 Å². The van der Waals surface area contributed by atoms with Crippen LogP contribution in [0.1, 0.15) is 21.6 Å². The van der Waals surface area contributed by atoms with E-state index >= 15 is 0 Å². The summed E-state index contributed by atoms with van der Waals surface area (Å²) >= 11 is 5.80. The van der Waals surface area contributed by atoms with Crippen LogP contribution in [0.3, 0.4) is 0 Å². The fraction of sp³-hybridized carbons (Fsp3) is 0.133. The van der Waals surface area contributed by atoms with Gasteiger partial charge in [-0.1, -0.05) is 23.7 Å². The van der Waals surface area contributed by atoms with Crippen molar-refractivity contribution in [2.75, 3.05) is 5.32 Å². The molecule has 0 radical (unpaired) electrons. The molecule has 2 N–H and O–H groups in total. The molecule has 2 heterocycles. The largest absolute Gasteiger partial charge is 0.416 e. The normalized spacial score (nSPS) is 11.5. The minimum absolute atomic E-state index is 0.104. The molecule has 0 fully saturated rings. The van der Waals surface area contributed by atoms with Crippen LogP contribution in [-0.2, 0) is 12.7 Å². The molecule has 0 unspecified atom stereocenters. The molecule has 0 aliphatic rings. The molecular weight excluding hydrogens is 359 g/mol. The molecule has 2 aromatic heterocycles. The quantitative estimate of drug-likeness (QED) is 0.738. The first-order valence-electron chi connectivity index (χ1n) is 7.02. The van der Waals surface area contributed by atoms with E-state index in [0.29, 0.717) is 11.3 Å². The van der Waals surface area contributed by atoms with Crippen LogP contribution in [0.4, 0.5) is 18.9 Å². The van der Waals surface area contributed by atoms with Gasteiger partial charge in [-0.15, -0.1) is 0 Å². The molecule has 10 heteroatoms. The zero-order chi connectivity index (χ0) is 18.0. The molecule has 130 valence electrons. The average molecular weight is 370 g/mol. The number of hydrogen-bond donors (Lipinski definition) is 2. The fourth-order valence-electron chi connectivity index (χ4n) is 2.17. The molecule has 25 heavy (non-hydrogen) atoms. The maximum absolute atomic E-state index is 12.7. The minimum atomic E-state index is -4.40. The maximum atomic E-state index is 12.7. The molecule has 0 spiro atoms. The van der Waals surface area contributed by atoms with Crippen LogP contribution in [0.25, 0.3) is 0 Å². The van der Waals surface area contributed by atoms with Crippen molar-refractivity contribution in [2.45, 2.75) is 12.7 Å². The minimum Gasteiger partial charge on any atom is -0.318 e. The predicted molar refractivity (Wildman–Crippen MR) is 84.3 cm³/mol. The number of rotatable bonds is 4. The Kier molecular flexibility index (Phi) is 4.49. The number of hydrogen-bond acceptors (Lipinski definition) is 3. The smallest absolute Gasteiger partial charge is 0.318 e. The molecule has 3 rings (SSSR count). The Hall–Kier alpha value is -2.81. The summed E-state index contributed by atoms with van der Waals surface area (Å²) in [4.78, 5) is 12.0. The van der Waals surface area contributed by atoms with Crippen LogP contribution >= 0.6 is 11.6 Å². The van der Waals surface area contributed by atoms with Gasteiger partial charge < -0.3 is 5.32 Å². The van der Waals surface area contributed by atoms with Gasteiger partial charge >= 0.3 is 6.18 Å². The van der Waals surface area contributed by atoms with E-state index in [1.165, 1.54) is 29.3 Å².